The lowest BCUT2D eigenvalue weighted by Crippen LogP contribution is -2.41. The van der Waals surface area contributed by atoms with Gasteiger partial charge in [-0.3, -0.25) is 4.79 Å². The molecule has 4 nitrogen and oxygen atoms in total. The number of anilines is 1. The van der Waals surface area contributed by atoms with Gasteiger partial charge in [0.1, 0.15) is 0 Å². The first-order valence-electron chi connectivity index (χ1n) is 6.89. The number of nitrogens with one attached hydrogen (secondary N) is 1. The second kappa shape index (κ2) is 6.57. The van der Waals surface area contributed by atoms with Crippen molar-refractivity contribution in [2.75, 3.05) is 12.3 Å². The number of carbonyl (C=O) groups is 1. The Hall–Kier alpha value is -1.55. The summed E-state index contributed by atoms with van der Waals surface area (Å²) < 4.78 is 5.47. The van der Waals surface area contributed by atoms with Crippen LogP contribution in [-0.4, -0.2) is 24.7 Å². The number of rotatable bonds is 4. The van der Waals surface area contributed by atoms with Gasteiger partial charge in [0.15, 0.2) is 0 Å². The van der Waals surface area contributed by atoms with Gasteiger partial charge in [0, 0.05) is 24.8 Å². The fraction of sp³-hybridized carbons (Fsp3) is 0.533. The van der Waals surface area contributed by atoms with Crippen LogP contribution in [0.15, 0.2) is 24.3 Å². The van der Waals surface area contributed by atoms with E-state index in [4.69, 9.17) is 10.5 Å². The first-order valence-corrected chi connectivity index (χ1v) is 6.89. The first kappa shape index (κ1) is 13.9. The smallest absolute Gasteiger partial charge is 0.220 e. The molecule has 2 unspecified atom stereocenters. The van der Waals surface area contributed by atoms with E-state index in [-0.39, 0.29) is 18.1 Å². The molecule has 4 heteroatoms. The van der Waals surface area contributed by atoms with Gasteiger partial charge >= 0.3 is 0 Å². The SMILES string of the molecule is CC1CC(NC(=O)CCc2ccccc2N)CCO1. The van der Waals surface area contributed by atoms with Gasteiger partial charge in [0.2, 0.25) is 5.91 Å². The molecule has 1 aromatic rings. The van der Waals surface area contributed by atoms with Gasteiger partial charge in [0.25, 0.3) is 0 Å². The molecule has 1 saturated heterocycles. The highest BCUT2D eigenvalue weighted by Crippen LogP contribution is 2.15. The van der Waals surface area contributed by atoms with Crippen molar-refractivity contribution >= 4 is 11.6 Å². The Morgan fingerprint density at radius 1 is 1.47 bits per heavy atom. The number of nitrogen functional groups attached to an aromatic ring is 1. The lowest BCUT2D eigenvalue weighted by atomic mass is 10.0. The summed E-state index contributed by atoms with van der Waals surface area (Å²) in [7, 11) is 0. The van der Waals surface area contributed by atoms with Crippen molar-refractivity contribution in [2.45, 2.75) is 44.8 Å². The molecule has 1 aliphatic rings. The summed E-state index contributed by atoms with van der Waals surface area (Å²) in [4.78, 5) is 11.9. The van der Waals surface area contributed by atoms with E-state index in [2.05, 4.69) is 5.32 Å². The Bertz CT molecular complexity index is 434. The van der Waals surface area contributed by atoms with Gasteiger partial charge in [-0.15, -0.1) is 0 Å². The summed E-state index contributed by atoms with van der Waals surface area (Å²) in [6.45, 7) is 2.78. The van der Waals surface area contributed by atoms with E-state index in [0.29, 0.717) is 12.8 Å². The summed E-state index contributed by atoms with van der Waals surface area (Å²) in [5.41, 5.74) is 7.66. The van der Waals surface area contributed by atoms with Crippen LogP contribution in [-0.2, 0) is 16.0 Å². The summed E-state index contributed by atoms with van der Waals surface area (Å²) in [5.74, 6) is 0.0994. The van der Waals surface area contributed by atoms with Crippen molar-refractivity contribution in [1.29, 1.82) is 0 Å². The number of ether oxygens (including phenoxy) is 1. The molecule has 1 aromatic carbocycles. The Morgan fingerprint density at radius 3 is 3.00 bits per heavy atom. The molecule has 2 rings (SSSR count). The predicted molar refractivity (Wildman–Crippen MR) is 75.8 cm³/mol. The molecule has 19 heavy (non-hydrogen) atoms. The maximum absolute atomic E-state index is 11.9. The molecule has 1 heterocycles. The minimum absolute atomic E-state index is 0.0994. The zero-order chi connectivity index (χ0) is 13.7. The molecule has 0 spiro atoms. The largest absolute Gasteiger partial charge is 0.399 e. The molecule has 3 N–H and O–H groups in total. The molecular weight excluding hydrogens is 240 g/mol. The zero-order valence-electron chi connectivity index (χ0n) is 11.4. The molecule has 0 aromatic heterocycles. The number of hydrogen-bond acceptors (Lipinski definition) is 3. The van der Waals surface area contributed by atoms with E-state index in [1.165, 1.54) is 0 Å². The molecule has 0 bridgehead atoms. The van der Waals surface area contributed by atoms with Gasteiger partial charge < -0.3 is 15.8 Å². The molecule has 0 radical (unpaired) electrons. The highest BCUT2D eigenvalue weighted by Gasteiger charge is 2.20. The molecule has 1 amide bonds. The molecule has 0 saturated carbocycles. The second-order valence-corrected chi connectivity index (χ2v) is 5.17. The van der Waals surface area contributed by atoms with Crippen LogP contribution >= 0.6 is 0 Å². The summed E-state index contributed by atoms with van der Waals surface area (Å²) >= 11 is 0. The Balaban J connectivity index is 1.77. The third-order valence-corrected chi connectivity index (χ3v) is 3.53. The number of aryl methyl sites for hydroxylation is 1. The number of hydrogen-bond donors (Lipinski definition) is 2. The topological polar surface area (TPSA) is 64.4 Å². The van der Waals surface area contributed by atoms with Gasteiger partial charge in [-0.25, -0.2) is 0 Å². The highest BCUT2D eigenvalue weighted by molar-refractivity contribution is 5.76. The standard InChI is InChI=1S/C15H22N2O2/c1-11-10-13(8-9-19-11)17-15(18)7-6-12-4-2-3-5-14(12)16/h2-5,11,13H,6-10,16H2,1H3,(H,17,18). The predicted octanol–water partition coefficient (Wildman–Crippen LogP) is 1.89. The molecule has 2 atom stereocenters. The van der Waals surface area contributed by atoms with Crippen LogP contribution < -0.4 is 11.1 Å². The van der Waals surface area contributed by atoms with E-state index >= 15 is 0 Å². The summed E-state index contributed by atoms with van der Waals surface area (Å²) in [5, 5.41) is 3.08. The van der Waals surface area contributed by atoms with Crippen molar-refractivity contribution in [1.82, 2.24) is 5.32 Å². The minimum atomic E-state index is 0.0994. The van der Waals surface area contributed by atoms with Crippen molar-refractivity contribution < 1.29 is 9.53 Å². The number of benzene rings is 1. The van der Waals surface area contributed by atoms with Crippen molar-refractivity contribution in [2.24, 2.45) is 0 Å². The van der Waals surface area contributed by atoms with Gasteiger partial charge in [-0.2, -0.15) is 0 Å². The van der Waals surface area contributed by atoms with Crippen molar-refractivity contribution in [3.05, 3.63) is 29.8 Å². The van der Waals surface area contributed by atoms with Crippen LogP contribution in [0.4, 0.5) is 5.69 Å². The second-order valence-electron chi connectivity index (χ2n) is 5.17. The number of para-hydroxylation sites is 1. The van der Waals surface area contributed by atoms with Gasteiger partial charge in [-0.1, -0.05) is 18.2 Å². The maximum Gasteiger partial charge on any atom is 0.220 e. The number of amides is 1. The average Bonchev–Trinajstić information content (AvgIpc) is 2.38. The zero-order valence-corrected chi connectivity index (χ0v) is 11.4. The highest BCUT2D eigenvalue weighted by atomic mass is 16.5. The molecule has 104 valence electrons. The van der Waals surface area contributed by atoms with Crippen LogP contribution in [0, 0.1) is 0 Å². The third-order valence-electron chi connectivity index (χ3n) is 3.53. The molecular formula is C15H22N2O2. The average molecular weight is 262 g/mol. The number of nitrogens with two attached hydrogens (primary N) is 1. The summed E-state index contributed by atoms with van der Waals surface area (Å²) in [6.07, 6.45) is 3.23. The summed E-state index contributed by atoms with van der Waals surface area (Å²) in [6, 6.07) is 7.95. The van der Waals surface area contributed by atoms with E-state index in [9.17, 15) is 4.79 Å². The monoisotopic (exact) mass is 262 g/mol. The Morgan fingerprint density at radius 2 is 2.26 bits per heavy atom. The fourth-order valence-corrected chi connectivity index (χ4v) is 2.44. The van der Waals surface area contributed by atoms with Crippen LogP contribution in [0.5, 0.6) is 0 Å². The fourth-order valence-electron chi connectivity index (χ4n) is 2.44. The molecule has 1 aliphatic heterocycles. The lowest BCUT2D eigenvalue weighted by Gasteiger charge is -2.27. The number of carbonyl (C=O) groups excluding carboxylic acids is 1. The molecule has 1 fully saturated rings. The quantitative estimate of drug-likeness (QED) is 0.814. The first-order chi connectivity index (χ1) is 9.15. The van der Waals surface area contributed by atoms with E-state index < -0.39 is 0 Å². The maximum atomic E-state index is 11.9. The lowest BCUT2D eigenvalue weighted by molar-refractivity contribution is -0.122. The van der Waals surface area contributed by atoms with Crippen molar-refractivity contribution in [3.8, 4) is 0 Å². The van der Waals surface area contributed by atoms with Crippen LogP contribution in [0.1, 0.15) is 31.7 Å². The normalized spacial score (nSPS) is 23.0. The Kier molecular flexibility index (Phi) is 4.80. The van der Waals surface area contributed by atoms with Crippen LogP contribution in [0.2, 0.25) is 0 Å². The van der Waals surface area contributed by atoms with Gasteiger partial charge in [0.05, 0.1) is 6.10 Å². The van der Waals surface area contributed by atoms with E-state index in [0.717, 1.165) is 30.7 Å². The van der Waals surface area contributed by atoms with E-state index in [1.54, 1.807) is 0 Å². The van der Waals surface area contributed by atoms with Crippen LogP contribution in [0.25, 0.3) is 0 Å². The Labute approximate surface area is 114 Å². The van der Waals surface area contributed by atoms with E-state index in [1.807, 2.05) is 31.2 Å². The van der Waals surface area contributed by atoms with Gasteiger partial charge in [-0.05, 0) is 37.8 Å². The minimum Gasteiger partial charge on any atom is -0.399 e. The third kappa shape index (κ3) is 4.24. The van der Waals surface area contributed by atoms with Crippen LogP contribution in [0.3, 0.4) is 0 Å². The molecule has 0 aliphatic carbocycles. The van der Waals surface area contributed by atoms with Crippen molar-refractivity contribution in [3.63, 3.8) is 0 Å².